The zero-order valence-electron chi connectivity index (χ0n) is 11.5. The number of nitrogens with zero attached hydrogens (tertiary/aromatic N) is 1. The van der Waals surface area contributed by atoms with E-state index in [1.54, 1.807) is 0 Å². The molecule has 2 rings (SSSR count). The minimum absolute atomic E-state index is 0.0279. The molecule has 0 spiro atoms. The molecule has 7 heteroatoms. The highest BCUT2D eigenvalue weighted by molar-refractivity contribution is 5.95. The number of likely N-dealkylation sites (tertiary alicyclic amines) is 1. The smallest absolute Gasteiger partial charge is 0.335 e. The first-order valence-corrected chi connectivity index (χ1v) is 6.46. The van der Waals surface area contributed by atoms with Crippen molar-refractivity contribution in [2.45, 2.75) is 18.4 Å². The summed E-state index contributed by atoms with van der Waals surface area (Å²) < 4.78 is 18.9. The summed E-state index contributed by atoms with van der Waals surface area (Å²) in [6.07, 6.45) is -0.167. The number of hydrogen-bond donors (Lipinski definition) is 2. The number of methoxy groups -OCH3 is 1. The van der Waals surface area contributed by atoms with Crippen molar-refractivity contribution in [3.8, 4) is 5.75 Å². The molecule has 114 valence electrons. The third-order valence-corrected chi connectivity index (χ3v) is 3.69. The van der Waals surface area contributed by atoms with Crippen LogP contribution in [0.1, 0.15) is 23.2 Å². The Labute approximate surface area is 120 Å². The lowest BCUT2D eigenvalue weighted by atomic mass is 9.91. The van der Waals surface area contributed by atoms with Crippen LogP contribution in [0.25, 0.3) is 0 Å². The molecule has 0 atom stereocenters. The number of ether oxygens (including phenoxy) is 1. The Morgan fingerprint density at radius 2 is 1.95 bits per heavy atom. The van der Waals surface area contributed by atoms with E-state index in [0.717, 1.165) is 0 Å². The van der Waals surface area contributed by atoms with Crippen LogP contribution in [0.2, 0.25) is 0 Å². The second-order valence-electron chi connectivity index (χ2n) is 4.95. The summed E-state index contributed by atoms with van der Waals surface area (Å²) in [5.74, 6) is -2.62. The van der Waals surface area contributed by atoms with Crippen LogP contribution in [-0.2, 0) is 4.79 Å². The summed E-state index contributed by atoms with van der Waals surface area (Å²) in [5.41, 5.74) is -1.95. The monoisotopic (exact) mass is 297 g/mol. The van der Waals surface area contributed by atoms with Crippen molar-refractivity contribution in [3.63, 3.8) is 0 Å². The molecule has 0 unspecified atom stereocenters. The molecule has 0 saturated carbocycles. The first-order valence-electron chi connectivity index (χ1n) is 6.46. The predicted molar refractivity (Wildman–Crippen MR) is 70.7 cm³/mol. The average Bonchev–Trinajstić information content (AvgIpc) is 2.47. The zero-order chi connectivity index (χ0) is 15.6. The number of carbonyl (C=O) groups excluding carboxylic acids is 1. The molecule has 0 aliphatic carbocycles. The molecule has 1 saturated heterocycles. The number of rotatable bonds is 3. The van der Waals surface area contributed by atoms with Gasteiger partial charge in [0.15, 0.2) is 17.2 Å². The number of aliphatic hydroxyl groups is 1. The first kappa shape index (κ1) is 15.2. The van der Waals surface area contributed by atoms with Crippen molar-refractivity contribution >= 4 is 11.9 Å². The second-order valence-corrected chi connectivity index (χ2v) is 4.95. The van der Waals surface area contributed by atoms with Crippen LogP contribution in [0.5, 0.6) is 5.75 Å². The molecule has 0 radical (unpaired) electrons. The van der Waals surface area contributed by atoms with E-state index in [1.165, 1.54) is 30.2 Å². The Morgan fingerprint density at radius 3 is 2.48 bits per heavy atom. The topological polar surface area (TPSA) is 87.1 Å². The second kappa shape index (κ2) is 5.69. The maximum Gasteiger partial charge on any atom is 0.335 e. The van der Waals surface area contributed by atoms with Gasteiger partial charge in [-0.1, -0.05) is 6.07 Å². The van der Waals surface area contributed by atoms with Crippen molar-refractivity contribution in [3.05, 3.63) is 29.6 Å². The summed E-state index contributed by atoms with van der Waals surface area (Å²) >= 11 is 0. The minimum atomic E-state index is -1.82. The number of carboxylic acid groups (broad SMARTS) is 1. The van der Waals surface area contributed by atoms with E-state index < -0.39 is 23.3 Å². The SMILES string of the molecule is COc1cccc(C(=O)N2CCC(O)(C(=O)O)CC2)c1F. The van der Waals surface area contributed by atoms with Gasteiger partial charge >= 0.3 is 5.97 Å². The summed E-state index contributed by atoms with van der Waals surface area (Å²) in [6, 6.07) is 4.26. The van der Waals surface area contributed by atoms with Gasteiger partial charge in [-0.15, -0.1) is 0 Å². The van der Waals surface area contributed by atoms with Gasteiger partial charge in [0, 0.05) is 25.9 Å². The van der Waals surface area contributed by atoms with Gasteiger partial charge in [-0.2, -0.15) is 0 Å². The van der Waals surface area contributed by atoms with Crippen LogP contribution in [0.15, 0.2) is 18.2 Å². The van der Waals surface area contributed by atoms with Gasteiger partial charge in [-0.3, -0.25) is 4.79 Å². The highest BCUT2D eigenvalue weighted by Crippen LogP contribution is 2.26. The van der Waals surface area contributed by atoms with Gasteiger partial charge in [0.1, 0.15) is 0 Å². The van der Waals surface area contributed by atoms with E-state index in [0.29, 0.717) is 0 Å². The molecule has 1 fully saturated rings. The molecule has 1 amide bonds. The molecule has 6 nitrogen and oxygen atoms in total. The largest absolute Gasteiger partial charge is 0.494 e. The van der Waals surface area contributed by atoms with Crippen LogP contribution < -0.4 is 4.74 Å². The van der Waals surface area contributed by atoms with Crippen molar-refractivity contribution in [2.24, 2.45) is 0 Å². The lowest BCUT2D eigenvalue weighted by Gasteiger charge is -2.35. The Bertz CT molecular complexity index is 566. The van der Waals surface area contributed by atoms with E-state index >= 15 is 0 Å². The molecule has 1 aliphatic rings. The van der Waals surface area contributed by atoms with E-state index in [-0.39, 0.29) is 37.2 Å². The third kappa shape index (κ3) is 2.82. The molecule has 0 aromatic heterocycles. The Hall–Kier alpha value is -2.15. The lowest BCUT2D eigenvalue weighted by Crippen LogP contribution is -2.50. The molecule has 1 aromatic carbocycles. The van der Waals surface area contributed by atoms with Crippen LogP contribution in [0.3, 0.4) is 0 Å². The lowest BCUT2D eigenvalue weighted by molar-refractivity contribution is -0.162. The fraction of sp³-hybridized carbons (Fsp3) is 0.429. The molecular formula is C14H16FNO5. The Kier molecular flexibility index (Phi) is 4.13. The van der Waals surface area contributed by atoms with Crippen molar-refractivity contribution in [1.29, 1.82) is 0 Å². The predicted octanol–water partition coefficient (Wildman–Crippen LogP) is 0.886. The molecule has 1 heterocycles. The highest BCUT2D eigenvalue weighted by Gasteiger charge is 2.40. The zero-order valence-corrected chi connectivity index (χ0v) is 11.5. The van der Waals surface area contributed by atoms with Crippen LogP contribution in [0.4, 0.5) is 4.39 Å². The van der Waals surface area contributed by atoms with Crippen molar-refractivity contribution < 1.29 is 28.9 Å². The maximum absolute atomic E-state index is 14.0. The van der Waals surface area contributed by atoms with Gasteiger partial charge in [0.25, 0.3) is 5.91 Å². The number of carbonyl (C=O) groups is 2. The minimum Gasteiger partial charge on any atom is -0.494 e. The average molecular weight is 297 g/mol. The van der Waals surface area contributed by atoms with Crippen molar-refractivity contribution in [1.82, 2.24) is 4.90 Å². The quantitative estimate of drug-likeness (QED) is 0.865. The van der Waals surface area contributed by atoms with E-state index in [2.05, 4.69) is 0 Å². The maximum atomic E-state index is 14.0. The Morgan fingerprint density at radius 1 is 1.33 bits per heavy atom. The molecule has 2 N–H and O–H groups in total. The van der Waals surface area contributed by atoms with Gasteiger partial charge < -0.3 is 19.8 Å². The number of hydrogen-bond acceptors (Lipinski definition) is 4. The first-order chi connectivity index (χ1) is 9.89. The van der Waals surface area contributed by atoms with Crippen LogP contribution in [0, 0.1) is 5.82 Å². The van der Waals surface area contributed by atoms with Gasteiger partial charge in [-0.05, 0) is 12.1 Å². The van der Waals surface area contributed by atoms with Gasteiger partial charge in [0.2, 0.25) is 0 Å². The summed E-state index contributed by atoms with van der Waals surface area (Å²) in [7, 11) is 1.31. The van der Waals surface area contributed by atoms with Gasteiger partial charge in [-0.25, -0.2) is 9.18 Å². The standard InChI is InChI=1S/C14H16FNO5/c1-21-10-4-2-3-9(11(10)15)12(17)16-7-5-14(20,6-8-16)13(18)19/h2-4,20H,5-8H2,1H3,(H,18,19). The summed E-state index contributed by atoms with van der Waals surface area (Å²) in [4.78, 5) is 24.5. The number of aliphatic carboxylic acids is 1. The summed E-state index contributed by atoms with van der Waals surface area (Å²) in [6.45, 7) is 0.108. The van der Waals surface area contributed by atoms with E-state index in [9.17, 15) is 19.1 Å². The van der Waals surface area contributed by atoms with E-state index in [4.69, 9.17) is 9.84 Å². The fourth-order valence-corrected chi connectivity index (χ4v) is 2.30. The van der Waals surface area contributed by atoms with Crippen molar-refractivity contribution in [2.75, 3.05) is 20.2 Å². The van der Waals surface area contributed by atoms with Crippen LogP contribution in [-0.4, -0.2) is 52.8 Å². The molecular weight excluding hydrogens is 281 g/mol. The number of amides is 1. The number of piperidine rings is 1. The highest BCUT2D eigenvalue weighted by atomic mass is 19.1. The fourth-order valence-electron chi connectivity index (χ4n) is 2.30. The Balaban J connectivity index is 2.14. The number of benzene rings is 1. The molecule has 0 bridgehead atoms. The van der Waals surface area contributed by atoms with Gasteiger partial charge in [0.05, 0.1) is 12.7 Å². The summed E-state index contributed by atoms with van der Waals surface area (Å²) in [5, 5.41) is 18.7. The van der Waals surface area contributed by atoms with Crippen LogP contribution >= 0.6 is 0 Å². The third-order valence-electron chi connectivity index (χ3n) is 3.69. The normalized spacial score (nSPS) is 17.4. The number of carboxylic acids is 1. The molecule has 21 heavy (non-hydrogen) atoms. The molecule has 1 aromatic rings. The molecule has 1 aliphatic heterocycles. The van der Waals surface area contributed by atoms with E-state index in [1.807, 2.05) is 0 Å². The number of halogens is 1.